The monoisotopic (exact) mass is 410 g/mol. The number of nitrogens with zero attached hydrogens (tertiary/aromatic N) is 4. The average molecular weight is 411 g/mol. The van der Waals surface area contributed by atoms with Crippen molar-refractivity contribution in [2.75, 3.05) is 26.7 Å². The molecule has 1 aromatic heterocycles. The van der Waals surface area contributed by atoms with Crippen LogP contribution in [0.15, 0.2) is 54.7 Å². The van der Waals surface area contributed by atoms with Crippen molar-refractivity contribution < 1.29 is 4.74 Å². The second-order valence-corrected chi connectivity index (χ2v) is 8.12. The summed E-state index contributed by atoms with van der Waals surface area (Å²) in [5, 5.41) is 9.53. The van der Waals surface area contributed by atoms with E-state index in [1.165, 1.54) is 11.1 Å². The quantitative estimate of drug-likeness (QED) is 0.578. The van der Waals surface area contributed by atoms with Gasteiger partial charge in [0.25, 0.3) is 0 Å². The highest BCUT2D eigenvalue weighted by Gasteiger charge is 2.22. The van der Waals surface area contributed by atoms with E-state index in [2.05, 4.69) is 33.5 Å². The van der Waals surface area contributed by atoms with E-state index in [1.807, 2.05) is 41.1 Å². The summed E-state index contributed by atoms with van der Waals surface area (Å²) in [6, 6.07) is 16.3. The lowest BCUT2D eigenvalue weighted by Gasteiger charge is -2.31. The third kappa shape index (κ3) is 5.37. The molecule has 1 aliphatic rings. The van der Waals surface area contributed by atoms with Crippen molar-refractivity contribution in [2.24, 2.45) is 0 Å². The van der Waals surface area contributed by atoms with Crippen LogP contribution in [0.1, 0.15) is 35.6 Å². The van der Waals surface area contributed by atoms with E-state index in [9.17, 15) is 0 Å². The molecule has 152 valence electrons. The van der Waals surface area contributed by atoms with Crippen LogP contribution in [0.3, 0.4) is 0 Å². The summed E-state index contributed by atoms with van der Waals surface area (Å²) in [6.45, 7) is 4.06. The zero-order valence-electron chi connectivity index (χ0n) is 16.8. The van der Waals surface area contributed by atoms with Gasteiger partial charge in [-0.05, 0) is 67.7 Å². The number of aromatic nitrogens is 3. The predicted molar refractivity (Wildman–Crippen MR) is 116 cm³/mol. The first-order chi connectivity index (χ1) is 14.2. The van der Waals surface area contributed by atoms with Crippen molar-refractivity contribution >= 4 is 11.6 Å². The Balaban J connectivity index is 1.25. The molecule has 0 spiro atoms. The van der Waals surface area contributed by atoms with Gasteiger partial charge in [-0.25, -0.2) is 4.68 Å². The van der Waals surface area contributed by atoms with Crippen molar-refractivity contribution in [1.29, 1.82) is 0 Å². The normalized spacial score (nSPS) is 15.5. The smallest absolute Gasteiger partial charge is 0.118 e. The summed E-state index contributed by atoms with van der Waals surface area (Å²) >= 11 is 5.96. The molecule has 0 radical (unpaired) electrons. The first kappa shape index (κ1) is 19.9. The van der Waals surface area contributed by atoms with Crippen LogP contribution in [-0.2, 0) is 13.0 Å². The molecule has 5 nitrogen and oxygen atoms in total. The Morgan fingerprint density at radius 2 is 1.69 bits per heavy atom. The van der Waals surface area contributed by atoms with Gasteiger partial charge in [-0.2, -0.15) is 0 Å². The highest BCUT2D eigenvalue weighted by Crippen LogP contribution is 2.26. The van der Waals surface area contributed by atoms with E-state index < -0.39 is 0 Å². The van der Waals surface area contributed by atoms with Crippen molar-refractivity contribution in [3.05, 3.63) is 76.6 Å². The van der Waals surface area contributed by atoms with E-state index in [0.29, 0.717) is 5.92 Å². The highest BCUT2D eigenvalue weighted by molar-refractivity contribution is 6.30. The average Bonchev–Trinajstić information content (AvgIpc) is 3.23. The van der Waals surface area contributed by atoms with Crippen molar-refractivity contribution in [1.82, 2.24) is 19.9 Å². The van der Waals surface area contributed by atoms with Gasteiger partial charge in [0, 0.05) is 23.7 Å². The molecule has 0 amide bonds. The van der Waals surface area contributed by atoms with Crippen LogP contribution in [0.25, 0.3) is 0 Å². The molecule has 2 aromatic carbocycles. The molecule has 2 heterocycles. The van der Waals surface area contributed by atoms with Crippen LogP contribution in [0.4, 0.5) is 0 Å². The van der Waals surface area contributed by atoms with E-state index in [4.69, 9.17) is 16.3 Å². The summed E-state index contributed by atoms with van der Waals surface area (Å²) in [5.41, 5.74) is 3.66. The molecule has 6 heteroatoms. The topological polar surface area (TPSA) is 43.2 Å². The van der Waals surface area contributed by atoms with Crippen LogP contribution in [0.5, 0.6) is 5.75 Å². The molecular formula is C23H27ClN4O. The summed E-state index contributed by atoms with van der Waals surface area (Å²) in [7, 11) is 1.70. The number of hydrogen-bond donors (Lipinski definition) is 0. The van der Waals surface area contributed by atoms with Gasteiger partial charge in [0.05, 0.1) is 19.3 Å². The summed E-state index contributed by atoms with van der Waals surface area (Å²) in [4.78, 5) is 2.55. The van der Waals surface area contributed by atoms with Crippen LogP contribution in [-0.4, -0.2) is 46.6 Å². The fourth-order valence-electron chi connectivity index (χ4n) is 3.89. The van der Waals surface area contributed by atoms with E-state index in [0.717, 1.165) is 61.9 Å². The standard InChI is InChI=1S/C23H27ClN4O/c1-29-22-8-4-18(5-9-22)10-13-27-14-11-20(12-15-27)23-17-28(26-25-23)16-19-2-6-21(24)7-3-19/h2-9,17,20H,10-16H2,1H3. The molecule has 0 saturated carbocycles. The van der Waals surface area contributed by atoms with Crippen LogP contribution < -0.4 is 4.74 Å². The molecule has 3 aromatic rings. The first-order valence-electron chi connectivity index (χ1n) is 10.2. The minimum Gasteiger partial charge on any atom is -0.497 e. The Morgan fingerprint density at radius 1 is 1.00 bits per heavy atom. The second-order valence-electron chi connectivity index (χ2n) is 7.68. The Labute approximate surface area is 177 Å². The number of benzene rings is 2. The van der Waals surface area contributed by atoms with E-state index in [-0.39, 0.29) is 0 Å². The maximum atomic E-state index is 5.96. The number of hydrogen-bond acceptors (Lipinski definition) is 4. The molecule has 1 fully saturated rings. The number of likely N-dealkylation sites (tertiary alicyclic amines) is 1. The van der Waals surface area contributed by atoms with Gasteiger partial charge in [-0.15, -0.1) is 5.10 Å². The van der Waals surface area contributed by atoms with Gasteiger partial charge >= 0.3 is 0 Å². The molecule has 0 atom stereocenters. The van der Waals surface area contributed by atoms with Crippen LogP contribution in [0.2, 0.25) is 5.02 Å². The molecule has 29 heavy (non-hydrogen) atoms. The molecule has 0 unspecified atom stereocenters. The van der Waals surface area contributed by atoms with E-state index >= 15 is 0 Å². The predicted octanol–water partition coefficient (Wildman–Crippen LogP) is 4.41. The van der Waals surface area contributed by atoms with E-state index in [1.54, 1.807) is 7.11 Å². The molecule has 0 N–H and O–H groups in total. The van der Waals surface area contributed by atoms with Gasteiger partial charge in [-0.3, -0.25) is 0 Å². The minimum atomic E-state index is 0.506. The maximum Gasteiger partial charge on any atom is 0.118 e. The van der Waals surface area contributed by atoms with Crippen molar-refractivity contribution in [3.63, 3.8) is 0 Å². The lowest BCUT2D eigenvalue weighted by molar-refractivity contribution is 0.213. The SMILES string of the molecule is COc1ccc(CCN2CCC(c3cn(Cc4ccc(Cl)cc4)nn3)CC2)cc1. The maximum absolute atomic E-state index is 5.96. The first-order valence-corrected chi connectivity index (χ1v) is 10.6. The lowest BCUT2D eigenvalue weighted by atomic mass is 9.94. The van der Waals surface area contributed by atoms with Gasteiger partial charge < -0.3 is 9.64 Å². The minimum absolute atomic E-state index is 0.506. The second kappa shape index (κ2) is 9.42. The summed E-state index contributed by atoms with van der Waals surface area (Å²) in [5.74, 6) is 1.42. The molecule has 0 bridgehead atoms. The van der Waals surface area contributed by atoms with Gasteiger partial charge in [0.15, 0.2) is 0 Å². The Kier molecular flexibility index (Phi) is 6.47. The third-order valence-corrected chi connectivity index (χ3v) is 5.95. The van der Waals surface area contributed by atoms with Crippen LogP contribution >= 0.6 is 11.6 Å². The Morgan fingerprint density at radius 3 is 2.38 bits per heavy atom. The number of halogens is 1. The Bertz CT molecular complexity index is 899. The lowest BCUT2D eigenvalue weighted by Crippen LogP contribution is -2.34. The number of piperidine rings is 1. The third-order valence-electron chi connectivity index (χ3n) is 5.70. The fourth-order valence-corrected chi connectivity index (χ4v) is 4.01. The summed E-state index contributed by atoms with van der Waals surface area (Å²) < 4.78 is 7.15. The van der Waals surface area contributed by atoms with Gasteiger partial charge in [0.1, 0.15) is 5.75 Å². The fraction of sp³-hybridized carbons (Fsp3) is 0.391. The number of ether oxygens (including phenoxy) is 1. The molecule has 4 rings (SSSR count). The molecule has 1 aliphatic heterocycles. The van der Waals surface area contributed by atoms with Crippen molar-refractivity contribution in [3.8, 4) is 5.75 Å². The summed E-state index contributed by atoms with van der Waals surface area (Å²) in [6.07, 6.45) is 5.46. The zero-order valence-corrected chi connectivity index (χ0v) is 17.6. The molecule has 1 saturated heterocycles. The van der Waals surface area contributed by atoms with Crippen LogP contribution in [0, 0.1) is 0 Å². The largest absolute Gasteiger partial charge is 0.497 e. The molecular weight excluding hydrogens is 384 g/mol. The number of methoxy groups -OCH3 is 1. The van der Waals surface area contributed by atoms with Gasteiger partial charge in [0.2, 0.25) is 0 Å². The molecule has 0 aliphatic carbocycles. The zero-order chi connectivity index (χ0) is 20.1. The Hall–Kier alpha value is -2.37. The number of rotatable bonds is 7. The highest BCUT2D eigenvalue weighted by atomic mass is 35.5. The van der Waals surface area contributed by atoms with Crippen molar-refractivity contribution in [2.45, 2.75) is 31.7 Å². The van der Waals surface area contributed by atoms with Gasteiger partial charge in [-0.1, -0.05) is 41.1 Å².